The molecule has 0 saturated heterocycles. The highest BCUT2D eigenvalue weighted by molar-refractivity contribution is 5.11. The summed E-state index contributed by atoms with van der Waals surface area (Å²) >= 11 is 0. The summed E-state index contributed by atoms with van der Waals surface area (Å²) < 4.78 is 0. The Morgan fingerprint density at radius 1 is 1.19 bits per heavy atom. The van der Waals surface area contributed by atoms with Gasteiger partial charge in [0.1, 0.15) is 0 Å². The van der Waals surface area contributed by atoms with Gasteiger partial charge in [0, 0.05) is 0 Å². The van der Waals surface area contributed by atoms with Crippen LogP contribution in [0.25, 0.3) is 0 Å². The molecule has 1 unspecified atom stereocenters. The van der Waals surface area contributed by atoms with Crippen LogP contribution in [0.5, 0.6) is 0 Å². The van der Waals surface area contributed by atoms with Gasteiger partial charge in [0.15, 0.2) is 0 Å². The van der Waals surface area contributed by atoms with Crippen LogP contribution in [0.1, 0.15) is 64.7 Å². The highest BCUT2D eigenvalue weighted by atomic mass is 16.3. The Morgan fingerprint density at radius 3 is 2.50 bits per heavy atom. The van der Waals surface area contributed by atoms with Crippen molar-refractivity contribution in [2.45, 2.75) is 70.8 Å². The van der Waals surface area contributed by atoms with Crippen molar-refractivity contribution in [3.05, 3.63) is 11.6 Å². The molecule has 92 valence electrons. The molecule has 2 rings (SSSR count). The molecule has 0 amide bonds. The molecule has 0 aromatic heterocycles. The lowest BCUT2D eigenvalue weighted by atomic mass is 9.74. The van der Waals surface area contributed by atoms with Crippen LogP contribution in [-0.4, -0.2) is 11.2 Å². The van der Waals surface area contributed by atoms with E-state index in [1.165, 1.54) is 38.5 Å². The Hall–Kier alpha value is -0.300. The first-order chi connectivity index (χ1) is 7.79. The molecule has 1 saturated carbocycles. The lowest BCUT2D eigenvalue weighted by Gasteiger charge is -2.32. The second kappa shape index (κ2) is 5.86. The van der Waals surface area contributed by atoms with Gasteiger partial charge in [-0.25, -0.2) is 0 Å². The van der Waals surface area contributed by atoms with Crippen LogP contribution < -0.4 is 0 Å². The van der Waals surface area contributed by atoms with Crippen LogP contribution in [0.4, 0.5) is 0 Å². The monoisotopic (exact) mass is 222 g/mol. The minimum Gasteiger partial charge on any atom is -0.393 e. The molecule has 0 heterocycles. The van der Waals surface area contributed by atoms with Crippen molar-refractivity contribution in [3.63, 3.8) is 0 Å². The van der Waals surface area contributed by atoms with Gasteiger partial charge in [0.25, 0.3) is 0 Å². The van der Waals surface area contributed by atoms with E-state index in [0.717, 1.165) is 31.1 Å². The van der Waals surface area contributed by atoms with Crippen molar-refractivity contribution in [1.82, 2.24) is 0 Å². The van der Waals surface area contributed by atoms with Gasteiger partial charge in [-0.3, -0.25) is 0 Å². The van der Waals surface area contributed by atoms with Crippen LogP contribution in [0, 0.1) is 11.8 Å². The fraction of sp³-hybridized carbons (Fsp3) is 0.867. The first-order valence-corrected chi connectivity index (χ1v) is 7.16. The molecule has 0 radical (unpaired) electrons. The quantitative estimate of drug-likeness (QED) is 0.714. The van der Waals surface area contributed by atoms with E-state index in [-0.39, 0.29) is 6.10 Å². The first-order valence-electron chi connectivity index (χ1n) is 7.16. The van der Waals surface area contributed by atoms with Gasteiger partial charge in [-0.05, 0) is 56.8 Å². The molecular weight excluding hydrogens is 196 g/mol. The number of aliphatic hydroxyl groups is 1. The summed E-state index contributed by atoms with van der Waals surface area (Å²) in [6.07, 6.45) is 13.8. The van der Waals surface area contributed by atoms with E-state index in [1.807, 2.05) is 0 Å². The number of hydrogen-bond donors (Lipinski definition) is 1. The largest absolute Gasteiger partial charge is 0.393 e. The molecule has 0 aromatic rings. The Morgan fingerprint density at radius 2 is 1.94 bits per heavy atom. The first kappa shape index (κ1) is 12.2. The van der Waals surface area contributed by atoms with E-state index >= 15 is 0 Å². The van der Waals surface area contributed by atoms with Gasteiger partial charge < -0.3 is 5.11 Å². The topological polar surface area (TPSA) is 20.2 Å². The van der Waals surface area contributed by atoms with Crippen molar-refractivity contribution in [1.29, 1.82) is 0 Å². The van der Waals surface area contributed by atoms with Gasteiger partial charge in [-0.2, -0.15) is 0 Å². The van der Waals surface area contributed by atoms with Crippen LogP contribution in [0.15, 0.2) is 11.6 Å². The molecule has 1 atom stereocenters. The lowest BCUT2D eigenvalue weighted by molar-refractivity contribution is 0.158. The van der Waals surface area contributed by atoms with E-state index in [2.05, 4.69) is 13.0 Å². The van der Waals surface area contributed by atoms with Gasteiger partial charge in [-0.1, -0.05) is 31.4 Å². The maximum absolute atomic E-state index is 9.49. The van der Waals surface area contributed by atoms with Crippen LogP contribution >= 0.6 is 0 Å². The molecule has 2 aliphatic rings. The highest BCUT2D eigenvalue weighted by Crippen LogP contribution is 2.38. The summed E-state index contributed by atoms with van der Waals surface area (Å²) in [5, 5.41) is 9.49. The van der Waals surface area contributed by atoms with Crippen molar-refractivity contribution in [2.24, 2.45) is 11.8 Å². The zero-order chi connectivity index (χ0) is 11.4. The Kier molecular flexibility index (Phi) is 4.45. The summed E-state index contributed by atoms with van der Waals surface area (Å²) in [4.78, 5) is 0. The maximum Gasteiger partial charge on any atom is 0.0577 e. The molecule has 1 nitrogen and oxygen atoms in total. The fourth-order valence-corrected chi connectivity index (χ4v) is 3.44. The van der Waals surface area contributed by atoms with Crippen molar-refractivity contribution >= 4 is 0 Å². The zero-order valence-corrected chi connectivity index (χ0v) is 10.6. The maximum atomic E-state index is 9.49. The van der Waals surface area contributed by atoms with Crippen molar-refractivity contribution in [2.75, 3.05) is 0 Å². The summed E-state index contributed by atoms with van der Waals surface area (Å²) in [6.45, 7) is 2.30. The smallest absolute Gasteiger partial charge is 0.0577 e. The van der Waals surface area contributed by atoms with E-state index in [1.54, 1.807) is 5.57 Å². The van der Waals surface area contributed by atoms with E-state index in [4.69, 9.17) is 0 Å². The molecule has 1 fully saturated rings. The van der Waals surface area contributed by atoms with E-state index < -0.39 is 0 Å². The zero-order valence-electron chi connectivity index (χ0n) is 10.6. The molecule has 2 aliphatic carbocycles. The van der Waals surface area contributed by atoms with Gasteiger partial charge >= 0.3 is 0 Å². The SMILES string of the molecule is CCCC1CCC(C2=CCC(O)CC2)CC1. The third-order valence-electron chi connectivity index (χ3n) is 4.49. The molecule has 1 N–H and O–H groups in total. The van der Waals surface area contributed by atoms with Crippen LogP contribution in [0.2, 0.25) is 0 Å². The van der Waals surface area contributed by atoms with E-state index in [0.29, 0.717) is 0 Å². The molecule has 1 heteroatoms. The summed E-state index contributed by atoms with van der Waals surface area (Å²) in [5.41, 5.74) is 1.67. The van der Waals surface area contributed by atoms with Crippen LogP contribution in [-0.2, 0) is 0 Å². The highest BCUT2D eigenvalue weighted by Gasteiger charge is 2.24. The Labute approximate surface area is 99.9 Å². The normalized spacial score (nSPS) is 35.9. The number of allylic oxidation sites excluding steroid dienone is 1. The van der Waals surface area contributed by atoms with Gasteiger partial charge in [-0.15, -0.1) is 0 Å². The number of aliphatic hydroxyl groups excluding tert-OH is 1. The third-order valence-corrected chi connectivity index (χ3v) is 4.49. The van der Waals surface area contributed by atoms with Gasteiger partial charge in [0.2, 0.25) is 0 Å². The standard InChI is InChI=1S/C15H26O/c1-2-3-12-4-6-13(7-5-12)14-8-10-15(16)11-9-14/h8,12-13,15-16H,2-7,9-11H2,1H3. The Balaban J connectivity index is 1.80. The minimum absolute atomic E-state index is 0.0554. The molecule has 0 bridgehead atoms. The number of rotatable bonds is 3. The summed E-state index contributed by atoms with van der Waals surface area (Å²) in [5.74, 6) is 1.87. The van der Waals surface area contributed by atoms with Gasteiger partial charge in [0.05, 0.1) is 6.10 Å². The number of hydrogen-bond acceptors (Lipinski definition) is 1. The average molecular weight is 222 g/mol. The fourth-order valence-electron chi connectivity index (χ4n) is 3.44. The average Bonchev–Trinajstić information content (AvgIpc) is 2.32. The molecule has 0 aromatic carbocycles. The van der Waals surface area contributed by atoms with E-state index in [9.17, 15) is 5.11 Å². The summed E-state index contributed by atoms with van der Waals surface area (Å²) in [6, 6.07) is 0. The minimum atomic E-state index is -0.0554. The predicted molar refractivity (Wildman–Crippen MR) is 68.3 cm³/mol. The Bertz CT molecular complexity index is 236. The lowest BCUT2D eigenvalue weighted by Crippen LogP contribution is -2.19. The molecular formula is C15H26O. The predicted octanol–water partition coefficient (Wildman–Crippen LogP) is 4.06. The summed E-state index contributed by atoms with van der Waals surface area (Å²) in [7, 11) is 0. The molecule has 0 aliphatic heterocycles. The van der Waals surface area contributed by atoms with Crippen molar-refractivity contribution < 1.29 is 5.11 Å². The second-order valence-corrected chi connectivity index (χ2v) is 5.71. The van der Waals surface area contributed by atoms with Crippen LogP contribution in [0.3, 0.4) is 0 Å². The third kappa shape index (κ3) is 3.10. The molecule has 0 spiro atoms. The molecule has 16 heavy (non-hydrogen) atoms. The second-order valence-electron chi connectivity index (χ2n) is 5.71. The van der Waals surface area contributed by atoms with Crippen molar-refractivity contribution in [3.8, 4) is 0 Å².